The predicted octanol–water partition coefficient (Wildman–Crippen LogP) is 3.39. The first-order chi connectivity index (χ1) is 16.1. The Labute approximate surface area is 195 Å². The number of aryl methyl sites for hydroxylation is 1. The predicted molar refractivity (Wildman–Crippen MR) is 132 cm³/mol. The average molecular weight is 448 g/mol. The minimum Gasteiger partial charge on any atom is -0.383 e. The summed E-state index contributed by atoms with van der Waals surface area (Å²) in [7, 11) is 1.76. The smallest absolute Gasteiger partial charge is 0.256 e. The lowest BCUT2D eigenvalue weighted by molar-refractivity contribution is 0.102. The fourth-order valence-electron chi connectivity index (χ4n) is 4.35. The van der Waals surface area contributed by atoms with Gasteiger partial charge in [-0.3, -0.25) is 19.7 Å². The zero-order valence-corrected chi connectivity index (χ0v) is 19.6. The molecule has 174 valence electrons. The SMILES string of the molecule is COCCN1CCCN(CCc2cncc(NC(=O)c3cc4ncccc4cc3C)c2)CC1. The quantitative estimate of drug-likeness (QED) is 0.571. The van der Waals surface area contributed by atoms with Gasteiger partial charge in [0, 0.05) is 56.6 Å². The van der Waals surface area contributed by atoms with Crippen molar-refractivity contribution < 1.29 is 9.53 Å². The van der Waals surface area contributed by atoms with Crippen molar-refractivity contribution in [2.75, 3.05) is 58.3 Å². The molecule has 0 bridgehead atoms. The van der Waals surface area contributed by atoms with E-state index in [0.717, 1.165) is 80.0 Å². The number of carbonyl (C=O) groups is 1. The number of hydrogen-bond acceptors (Lipinski definition) is 6. The molecule has 7 heteroatoms. The highest BCUT2D eigenvalue weighted by Crippen LogP contribution is 2.19. The summed E-state index contributed by atoms with van der Waals surface area (Å²) in [6.45, 7) is 9.14. The van der Waals surface area contributed by atoms with Gasteiger partial charge in [0.2, 0.25) is 0 Å². The van der Waals surface area contributed by atoms with Crippen molar-refractivity contribution in [1.29, 1.82) is 0 Å². The van der Waals surface area contributed by atoms with Gasteiger partial charge in [-0.2, -0.15) is 0 Å². The van der Waals surface area contributed by atoms with E-state index in [2.05, 4.69) is 25.1 Å². The van der Waals surface area contributed by atoms with Crippen LogP contribution in [0.25, 0.3) is 10.9 Å². The number of fused-ring (bicyclic) bond motifs is 1. The lowest BCUT2D eigenvalue weighted by Gasteiger charge is -2.21. The summed E-state index contributed by atoms with van der Waals surface area (Å²) >= 11 is 0. The van der Waals surface area contributed by atoms with Crippen molar-refractivity contribution in [3.63, 3.8) is 0 Å². The number of carbonyl (C=O) groups excluding carboxylic acids is 1. The summed E-state index contributed by atoms with van der Waals surface area (Å²) in [4.78, 5) is 26.7. The molecular weight excluding hydrogens is 414 g/mol. The molecule has 3 heterocycles. The first-order valence-electron chi connectivity index (χ1n) is 11.7. The third-order valence-corrected chi connectivity index (χ3v) is 6.26. The van der Waals surface area contributed by atoms with E-state index in [1.807, 2.05) is 43.5 Å². The number of aromatic nitrogens is 2. The number of nitrogens with zero attached hydrogens (tertiary/aromatic N) is 4. The van der Waals surface area contributed by atoms with E-state index in [9.17, 15) is 4.79 Å². The maximum Gasteiger partial charge on any atom is 0.256 e. The second-order valence-corrected chi connectivity index (χ2v) is 8.68. The Kier molecular flexibility index (Phi) is 7.99. The summed E-state index contributed by atoms with van der Waals surface area (Å²) in [5.74, 6) is -0.136. The van der Waals surface area contributed by atoms with Crippen LogP contribution in [-0.2, 0) is 11.2 Å². The Morgan fingerprint density at radius 2 is 1.91 bits per heavy atom. The molecule has 1 N–H and O–H groups in total. The summed E-state index contributed by atoms with van der Waals surface area (Å²) in [5, 5.41) is 4.05. The average Bonchev–Trinajstić information content (AvgIpc) is 3.06. The normalized spacial score (nSPS) is 15.5. The van der Waals surface area contributed by atoms with Gasteiger partial charge in [-0.1, -0.05) is 6.07 Å². The van der Waals surface area contributed by atoms with Crippen LogP contribution in [0.2, 0.25) is 0 Å². The molecule has 2 aromatic heterocycles. The molecule has 7 nitrogen and oxygen atoms in total. The van der Waals surface area contributed by atoms with Crippen molar-refractivity contribution >= 4 is 22.5 Å². The maximum absolute atomic E-state index is 13.0. The van der Waals surface area contributed by atoms with Crippen LogP contribution in [0.1, 0.15) is 27.9 Å². The Bertz CT molecular complexity index is 1090. The summed E-state index contributed by atoms with van der Waals surface area (Å²) in [6, 6.07) is 9.80. The molecule has 1 aliphatic heterocycles. The Balaban J connectivity index is 1.34. The molecule has 1 aromatic carbocycles. The third kappa shape index (κ3) is 6.35. The topological polar surface area (TPSA) is 70.6 Å². The number of rotatable bonds is 8. The van der Waals surface area contributed by atoms with Crippen LogP contribution in [0.3, 0.4) is 0 Å². The summed E-state index contributed by atoms with van der Waals surface area (Å²) < 4.78 is 5.21. The summed E-state index contributed by atoms with van der Waals surface area (Å²) in [6.07, 6.45) is 7.43. The molecule has 0 spiro atoms. The van der Waals surface area contributed by atoms with E-state index in [4.69, 9.17) is 4.74 Å². The number of anilines is 1. The van der Waals surface area contributed by atoms with Crippen LogP contribution in [0.5, 0.6) is 0 Å². The number of pyridine rings is 2. The second-order valence-electron chi connectivity index (χ2n) is 8.68. The zero-order valence-electron chi connectivity index (χ0n) is 19.6. The number of nitrogens with one attached hydrogen (secondary N) is 1. The fourth-order valence-corrected chi connectivity index (χ4v) is 4.35. The number of methoxy groups -OCH3 is 1. The summed E-state index contributed by atoms with van der Waals surface area (Å²) in [5.41, 5.74) is 4.23. The largest absolute Gasteiger partial charge is 0.383 e. The molecule has 3 aromatic rings. The highest BCUT2D eigenvalue weighted by atomic mass is 16.5. The molecule has 1 saturated heterocycles. The monoisotopic (exact) mass is 447 g/mol. The van der Waals surface area contributed by atoms with Crippen molar-refractivity contribution in [3.8, 4) is 0 Å². The molecule has 1 fully saturated rings. The Hall–Kier alpha value is -2.87. The molecule has 0 unspecified atom stereocenters. The highest BCUT2D eigenvalue weighted by molar-refractivity contribution is 6.07. The lowest BCUT2D eigenvalue weighted by atomic mass is 10.0. The van der Waals surface area contributed by atoms with E-state index in [1.165, 1.54) is 6.42 Å². The van der Waals surface area contributed by atoms with Gasteiger partial charge in [0.15, 0.2) is 0 Å². The minimum absolute atomic E-state index is 0.136. The fraction of sp³-hybridized carbons (Fsp3) is 0.423. The van der Waals surface area contributed by atoms with Gasteiger partial charge in [-0.15, -0.1) is 0 Å². The van der Waals surface area contributed by atoms with Gasteiger partial charge < -0.3 is 15.0 Å². The van der Waals surface area contributed by atoms with Gasteiger partial charge >= 0.3 is 0 Å². The van der Waals surface area contributed by atoms with Crippen LogP contribution in [-0.4, -0.2) is 78.7 Å². The Morgan fingerprint density at radius 3 is 2.73 bits per heavy atom. The van der Waals surface area contributed by atoms with Gasteiger partial charge in [0.25, 0.3) is 5.91 Å². The van der Waals surface area contributed by atoms with Crippen LogP contribution in [0.4, 0.5) is 5.69 Å². The molecule has 0 aliphatic carbocycles. The highest BCUT2D eigenvalue weighted by Gasteiger charge is 2.15. The van der Waals surface area contributed by atoms with Gasteiger partial charge in [0.05, 0.1) is 24.0 Å². The molecule has 0 saturated carbocycles. The lowest BCUT2D eigenvalue weighted by Crippen LogP contribution is -2.33. The van der Waals surface area contributed by atoms with Crippen LogP contribution in [0, 0.1) is 6.92 Å². The van der Waals surface area contributed by atoms with Crippen molar-refractivity contribution in [2.24, 2.45) is 0 Å². The van der Waals surface area contributed by atoms with E-state index >= 15 is 0 Å². The molecule has 0 atom stereocenters. The van der Waals surface area contributed by atoms with Gasteiger partial charge in [-0.05, 0) is 68.2 Å². The van der Waals surface area contributed by atoms with Crippen LogP contribution >= 0.6 is 0 Å². The van der Waals surface area contributed by atoms with E-state index in [-0.39, 0.29) is 5.91 Å². The van der Waals surface area contributed by atoms with Crippen LogP contribution in [0.15, 0.2) is 48.9 Å². The van der Waals surface area contributed by atoms with Crippen molar-refractivity contribution in [1.82, 2.24) is 19.8 Å². The molecule has 4 rings (SSSR count). The first-order valence-corrected chi connectivity index (χ1v) is 11.7. The number of hydrogen-bond donors (Lipinski definition) is 1. The van der Waals surface area contributed by atoms with E-state index in [1.54, 1.807) is 19.5 Å². The van der Waals surface area contributed by atoms with Gasteiger partial charge in [-0.25, -0.2) is 0 Å². The van der Waals surface area contributed by atoms with Crippen molar-refractivity contribution in [2.45, 2.75) is 19.8 Å². The molecule has 1 aliphatic rings. The number of amides is 1. The molecule has 33 heavy (non-hydrogen) atoms. The standard InChI is InChI=1S/C26H33N5O2/c1-20-15-22-5-3-7-28-25(22)17-24(20)26(32)29-23-16-21(18-27-19-23)6-10-30-8-4-9-31(12-11-30)13-14-33-2/h3,5,7,15-19H,4,6,8-14H2,1-2H3,(H,29,32). The minimum atomic E-state index is -0.136. The first kappa shape index (κ1) is 23.3. The van der Waals surface area contributed by atoms with E-state index in [0.29, 0.717) is 5.56 Å². The molecule has 1 amide bonds. The number of ether oxygens (including phenoxy) is 1. The maximum atomic E-state index is 13.0. The number of benzene rings is 1. The third-order valence-electron chi connectivity index (χ3n) is 6.26. The van der Waals surface area contributed by atoms with Crippen LogP contribution < -0.4 is 5.32 Å². The van der Waals surface area contributed by atoms with Crippen molar-refractivity contribution in [3.05, 3.63) is 65.6 Å². The Morgan fingerprint density at radius 1 is 1.09 bits per heavy atom. The molecular formula is C26H33N5O2. The zero-order chi connectivity index (χ0) is 23.0. The second kappa shape index (κ2) is 11.3. The van der Waals surface area contributed by atoms with Gasteiger partial charge in [0.1, 0.15) is 0 Å². The van der Waals surface area contributed by atoms with E-state index < -0.39 is 0 Å². The molecule has 0 radical (unpaired) electrons.